The predicted octanol–water partition coefficient (Wildman–Crippen LogP) is 6.17. The van der Waals surface area contributed by atoms with Crippen LogP contribution in [0.1, 0.15) is 44.0 Å². The molecule has 236 valence electrons. The van der Waals surface area contributed by atoms with Crippen LogP contribution in [-0.2, 0) is 48.4 Å². The van der Waals surface area contributed by atoms with E-state index in [0.717, 1.165) is 30.8 Å². The highest BCUT2D eigenvalue weighted by molar-refractivity contribution is 7.90. The molecule has 0 bridgehead atoms. The van der Waals surface area contributed by atoms with Gasteiger partial charge in [0.15, 0.2) is 9.84 Å². The van der Waals surface area contributed by atoms with E-state index >= 15 is 0 Å². The van der Waals surface area contributed by atoms with E-state index in [4.69, 9.17) is 0 Å². The number of carbonyl (C=O) groups excluding carboxylic acids is 1. The molecule has 4 heterocycles. The average molecular weight is 653 g/mol. The molecule has 7 nitrogen and oxygen atoms in total. The lowest BCUT2D eigenvalue weighted by Crippen LogP contribution is -2.26. The Morgan fingerprint density at radius 3 is 2.00 bits per heavy atom. The molecule has 2 aromatic carbocycles. The van der Waals surface area contributed by atoms with E-state index in [9.17, 15) is 43.9 Å². The van der Waals surface area contributed by atoms with Crippen LogP contribution in [0, 0.1) is 5.82 Å². The largest absolute Gasteiger partial charge is 0.417 e. The highest BCUT2D eigenvalue weighted by atomic mass is 32.2. The summed E-state index contributed by atoms with van der Waals surface area (Å²) in [6.07, 6.45) is -6.24. The first kappa shape index (κ1) is 32.0. The zero-order valence-corrected chi connectivity index (χ0v) is 24.1. The molecule has 15 heteroatoms. The standard InChI is InChI=1S/C22H16F4N2O3S.C8H7F3N2/c1-32(30,31)17-6-7-18(13-2-4-16(23)5-3-13)19(9-17)21(29)28-11-14-8-15(22(24,25)26)10-27-20(14)12-28;9-8(10,11)6-1-5-2-12-4-7(5)13-3-6/h2-10H,11-12H2,1H3;1,3,12H,2,4H2. The Kier molecular flexibility index (Phi) is 8.44. The van der Waals surface area contributed by atoms with Crippen molar-refractivity contribution >= 4 is 15.7 Å². The van der Waals surface area contributed by atoms with Crippen LogP contribution in [0.5, 0.6) is 0 Å². The third-order valence-electron chi connectivity index (χ3n) is 7.18. The molecule has 6 rings (SSSR count). The molecule has 1 N–H and O–H groups in total. The summed E-state index contributed by atoms with van der Waals surface area (Å²) in [6, 6.07) is 11.5. The van der Waals surface area contributed by atoms with Crippen molar-refractivity contribution in [2.24, 2.45) is 0 Å². The van der Waals surface area contributed by atoms with Gasteiger partial charge in [-0.15, -0.1) is 0 Å². The van der Waals surface area contributed by atoms with Crippen molar-refractivity contribution in [3.8, 4) is 11.1 Å². The highest BCUT2D eigenvalue weighted by Gasteiger charge is 2.35. The summed E-state index contributed by atoms with van der Waals surface area (Å²) in [5, 5.41) is 2.94. The maximum Gasteiger partial charge on any atom is 0.417 e. The van der Waals surface area contributed by atoms with Crippen molar-refractivity contribution in [3.05, 3.63) is 112 Å². The minimum absolute atomic E-state index is 0.0156. The first-order chi connectivity index (χ1) is 21.0. The fraction of sp³-hybridized carbons (Fsp3) is 0.233. The minimum Gasteiger partial charge on any atom is -0.328 e. The number of alkyl halides is 6. The molecule has 0 unspecified atom stereocenters. The molecule has 2 aliphatic rings. The molecular weight excluding hydrogens is 629 g/mol. The molecule has 0 radical (unpaired) electrons. The lowest BCUT2D eigenvalue weighted by molar-refractivity contribution is -0.138. The molecule has 0 aliphatic carbocycles. The molecule has 0 fully saturated rings. The number of nitrogens with one attached hydrogen (secondary N) is 1. The number of amides is 1. The van der Waals surface area contributed by atoms with Crippen molar-refractivity contribution in [3.63, 3.8) is 0 Å². The van der Waals surface area contributed by atoms with E-state index in [2.05, 4.69) is 15.3 Å². The van der Waals surface area contributed by atoms with Gasteiger partial charge in [0.05, 0.1) is 34.0 Å². The van der Waals surface area contributed by atoms with Crippen LogP contribution in [0.3, 0.4) is 0 Å². The van der Waals surface area contributed by atoms with Gasteiger partial charge in [-0.2, -0.15) is 26.3 Å². The number of nitrogens with zero attached hydrogens (tertiary/aromatic N) is 3. The number of hydrogen-bond donors (Lipinski definition) is 1. The lowest BCUT2D eigenvalue weighted by atomic mass is 9.98. The Labute approximate surface area is 252 Å². The fourth-order valence-corrected chi connectivity index (χ4v) is 5.51. The van der Waals surface area contributed by atoms with Gasteiger partial charge in [0.2, 0.25) is 0 Å². The van der Waals surface area contributed by atoms with Crippen molar-refractivity contribution in [2.75, 3.05) is 6.26 Å². The van der Waals surface area contributed by atoms with Crippen LogP contribution >= 0.6 is 0 Å². The third-order valence-corrected chi connectivity index (χ3v) is 8.29. The van der Waals surface area contributed by atoms with Crippen molar-refractivity contribution in [1.82, 2.24) is 20.2 Å². The van der Waals surface area contributed by atoms with Crippen molar-refractivity contribution in [2.45, 2.75) is 43.4 Å². The number of sulfone groups is 1. The molecule has 0 saturated heterocycles. The van der Waals surface area contributed by atoms with E-state index in [1.807, 2.05) is 0 Å². The van der Waals surface area contributed by atoms with Gasteiger partial charge in [-0.3, -0.25) is 14.8 Å². The summed E-state index contributed by atoms with van der Waals surface area (Å²) in [6.45, 7) is 0.926. The summed E-state index contributed by atoms with van der Waals surface area (Å²) in [5.41, 5.74) is 1.31. The summed E-state index contributed by atoms with van der Waals surface area (Å²) >= 11 is 0. The summed E-state index contributed by atoms with van der Waals surface area (Å²) < 4.78 is 113. The van der Waals surface area contributed by atoms with E-state index in [-0.39, 0.29) is 29.1 Å². The van der Waals surface area contributed by atoms with Crippen LogP contribution in [-0.4, -0.2) is 35.4 Å². The lowest BCUT2D eigenvalue weighted by Gasteiger charge is -2.18. The predicted molar refractivity (Wildman–Crippen MR) is 148 cm³/mol. The quantitative estimate of drug-likeness (QED) is 0.266. The first-order valence-corrected chi connectivity index (χ1v) is 15.1. The van der Waals surface area contributed by atoms with E-state index in [1.165, 1.54) is 47.4 Å². The van der Waals surface area contributed by atoms with Gasteiger partial charge in [0, 0.05) is 43.8 Å². The number of fused-ring (bicyclic) bond motifs is 2. The Morgan fingerprint density at radius 2 is 1.40 bits per heavy atom. The van der Waals surface area contributed by atoms with Crippen molar-refractivity contribution < 1.29 is 43.9 Å². The Balaban J connectivity index is 0.000000256. The summed E-state index contributed by atoms with van der Waals surface area (Å²) in [4.78, 5) is 22.2. The van der Waals surface area contributed by atoms with Crippen LogP contribution in [0.15, 0.2) is 71.9 Å². The van der Waals surface area contributed by atoms with Gasteiger partial charge in [-0.25, -0.2) is 12.8 Å². The van der Waals surface area contributed by atoms with Crippen LogP contribution < -0.4 is 5.32 Å². The minimum atomic E-state index is -4.56. The third kappa shape index (κ3) is 7.14. The van der Waals surface area contributed by atoms with Crippen molar-refractivity contribution in [1.29, 1.82) is 0 Å². The number of carbonyl (C=O) groups is 1. The average Bonchev–Trinajstić information content (AvgIpc) is 3.62. The summed E-state index contributed by atoms with van der Waals surface area (Å²) in [5.74, 6) is -1.04. The van der Waals surface area contributed by atoms with Gasteiger partial charge in [-0.1, -0.05) is 18.2 Å². The SMILES string of the molecule is CS(=O)(=O)c1ccc(-c2ccc(F)cc2)c(C(=O)N2Cc3cc(C(F)(F)F)cnc3C2)c1.FC(F)(F)c1cnc2c(c1)CNC2. The number of aromatic nitrogens is 2. The number of pyridine rings is 2. The smallest absolute Gasteiger partial charge is 0.328 e. The van der Waals surface area contributed by atoms with E-state index in [1.54, 1.807) is 0 Å². The Morgan fingerprint density at radius 1 is 0.800 bits per heavy atom. The molecule has 0 saturated carbocycles. The van der Waals surface area contributed by atoms with E-state index in [0.29, 0.717) is 41.2 Å². The second-order valence-corrected chi connectivity index (χ2v) is 12.4. The van der Waals surface area contributed by atoms with Crippen LogP contribution in [0.2, 0.25) is 0 Å². The maximum absolute atomic E-state index is 13.4. The topological polar surface area (TPSA) is 92.3 Å². The normalized spacial score (nSPS) is 14.4. The molecule has 45 heavy (non-hydrogen) atoms. The number of halogens is 7. The monoisotopic (exact) mass is 652 g/mol. The van der Waals surface area contributed by atoms with E-state index < -0.39 is 45.0 Å². The molecule has 1 amide bonds. The van der Waals surface area contributed by atoms with Gasteiger partial charge >= 0.3 is 12.4 Å². The number of benzene rings is 2. The highest BCUT2D eigenvalue weighted by Crippen LogP contribution is 2.34. The fourth-order valence-electron chi connectivity index (χ4n) is 4.86. The molecule has 0 atom stereocenters. The number of rotatable bonds is 3. The molecule has 2 aliphatic heterocycles. The molecular formula is C30H23F7N4O3S. The van der Waals surface area contributed by atoms with Crippen LogP contribution in [0.4, 0.5) is 30.7 Å². The van der Waals surface area contributed by atoms with Gasteiger partial charge in [0.1, 0.15) is 5.82 Å². The Hall–Kier alpha value is -4.37. The zero-order chi connectivity index (χ0) is 32.7. The second kappa shape index (κ2) is 11.9. The Bertz CT molecular complexity index is 1880. The molecule has 0 spiro atoms. The second-order valence-electron chi connectivity index (χ2n) is 10.4. The van der Waals surface area contributed by atoms with Gasteiger partial charge < -0.3 is 10.2 Å². The van der Waals surface area contributed by atoms with Gasteiger partial charge in [-0.05, 0) is 58.7 Å². The first-order valence-electron chi connectivity index (χ1n) is 13.2. The zero-order valence-electron chi connectivity index (χ0n) is 23.3. The van der Waals surface area contributed by atoms with Crippen LogP contribution in [0.25, 0.3) is 11.1 Å². The molecule has 4 aromatic rings. The number of hydrogen-bond acceptors (Lipinski definition) is 6. The molecule has 2 aromatic heterocycles. The summed E-state index contributed by atoms with van der Waals surface area (Å²) in [7, 11) is -3.63. The van der Waals surface area contributed by atoms with Gasteiger partial charge in [0.25, 0.3) is 5.91 Å². The maximum atomic E-state index is 13.4.